The molecule has 0 saturated carbocycles. The summed E-state index contributed by atoms with van der Waals surface area (Å²) in [5, 5.41) is 9.34. The molecule has 0 radical (unpaired) electrons. The highest BCUT2D eigenvalue weighted by Crippen LogP contribution is 2.20. The van der Waals surface area contributed by atoms with E-state index in [0.717, 1.165) is 24.3 Å². The van der Waals surface area contributed by atoms with Crippen LogP contribution in [0.15, 0.2) is 54.6 Å². The molecule has 1 heterocycles. The number of halogens is 1. The lowest BCUT2D eigenvalue weighted by Gasteiger charge is -2.35. The summed E-state index contributed by atoms with van der Waals surface area (Å²) in [6, 6.07) is 13.1. The van der Waals surface area contributed by atoms with Crippen LogP contribution in [0.4, 0.5) is 10.1 Å². The lowest BCUT2D eigenvalue weighted by atomic mass is 10.2. The molecule has 2 aromatic rings. The molecule has 0 aromatic heterocycles. The van der Waals surface area contributed by atoms with Crippen molar-refractivity contribution in [1.82, 2.24) is 4.90 Å². The number of carbonyl (C=O) groups is 1. The largest absolute Gasteiger partial charge is 0.508 e. The molecule has 1 saturated heterocycles. The number of piperazine rings is 1. The topological polar surface area (TPSA) is 43.8 Å². The molecule has 1 aliphatic heterocycles. The van der Waals surface area contributed by atoms with Gasteiger partial charge < -0.3 is 14.9 Å². The average molecular weight is 326 g/mol. The smallest absolute Gasteiger partial charge is 0.246 e. The Morgan fingerprint density at radius 1 is 0.958 bits per heavy atom. The van der Waals surface area contributed by atoms with Gasteiger partial charge in [-0.2, -0.15) is 0 Å². The van der Waals surface area contributed by atoms with Gasteiger partial charge in [0.15, 0.2) is 0 Å². The summed E-state index contributed by atoms with van der Waals surface area (Å²) < 4.78 is 12.9. The Balaban J connectivity index is 1.55. The van der Waals surface area contributed by atoms with Crippen molar-refractivity contribution < 1.29 is 14.3 Å². The minimum absolute atomic E-state index is 0.0373. The molecule has 0 bridgehead atoms. The monoisotopic (exact) mass is 326 g/mol. The van der Waals surface area contributed by atoms with E-state index in [1.165, 1.54) is 18.2 Å². The Labute approximate surface area is 140 Å². The fourth-order valence-electron chi connectivity index (χ4n) is 2.70. The van der Waals surface area contributed by atoms with E-state index in [1.807, 2.05) is 12.1 Å². The zero-order chi connectivity index (χ0) is 16.9. The quantitative estimate of drug-likeness (QED) is 0.882. The number of carbonyl (C=O) groups excluding carboxylic acids is 1. The molecule has 0 atom stereocenters. The van der Waals surface area contributed by atoms with Gasteiger partial charge in [-0.3, -0.25) is 4.79 Å². The number of hydrogen-bond acceptors (Lipinski definition) is 3. The summed E-state index contributed by atoms with van der Waals surface area (Å²) >= 11 is 0. The van der Waals surface area contributed by atoms with Crippen molar-refractivity contribution in [2.75, 3.05) is 31.1 Å². The van der Waals surface area contributed by atoms with Crippen LogP contribution in [0.25, 0.3) is 6.08 Å². The van der Waals surface area contributed by atoms with Gasteiger partial charge in [-0.25, -0.2) is 4.39 Å². The third-order valence-electron chi connectivity index (χ3n) is 4.09. The van der Waals surface area contributed by atoms with Gasteiger partial charge in [0.1, 0.15) is 11.6 Å². The first-order chi connectivity index (χ1) is 11.6. The fraction of sp³-hybridized carbons (Fsp3) is 0.211. The molecular weight excluding hydrogens is 307 g/mol. The lowest BCUT2D eigenvalue weighted by molar-refractivity contribution is -0.126. The van der Waals surface area contributed by atoms with Gasteiger partial charge in [0, 0.05) is 37.9 Å². The van der Waals surface area contributed by atoms with E-state index in [4.69, 9.17) is 0 Å². The molecule has 1 N–H and O–H groups in total. The number of phenolic OH excluding ortho intramolecular Hbond substituents is 1. The van der Waals surface area contributed by atoms with Gasteiger partial charge in [0.25, 0.3) is 0 Å². The minimum Gasteiger partial charge on any atom is -0.508 e. The Kier molecular flexibility index (Phi) is 4.79. The van der Waals surface area contributed by atoms with Crippen molar-refractivity contribution >= 4 is 17.7 Å². The molecule has 1 fully saturated rings. The van der Waals surface area contributed by atoms with Gasteiger partial charge in [-0.1, -0.05) is 12.1 Å². The number of amides is 1. The molecule has 4 nitrogen and oxygen atoms in total. The second-order valence-electron chi connectivity index (χ2n) is 5.71. The first-order valence-electron chi connectivity index (χ1n) is 7.88. The Morgan fingerprint density at radius 3 is 2.21 bits per heavy atom. The second kappa shape index (κ2) is 7.17. The van der Waals surface area contributed by atoms with E-state index >= 15 is 0 Å². The number of aromatic hydroxyl groups is 1. The molecule has 3 rings (SSSR count). The summed E-state index contributed by atoms with van der Waals surface area (Å²) in [7, 11) is 0. The number of anilines is 1. The highest BCUT2D eigenvalue weighted by molar-refractivity contribution is 5.92. The van der Waals surface area contributed by atoms with E-state index in [-0.39, 0.29) is 17.5 Å². The number of nitrogens with zero attached hydrogens (tertiary/aromatic N) is 2. The zero-order valence-electron chi connectivity index (χ0n) is 13.2. The van der Waals surface area contributed by atoms with Crippen LogP contribution in [0.1, 0.15) is 5.56 Å². The predicted molar refractivity (Wildman–Crippen MR) is 92.3 cm³/mol. The maximum Gasteiger partial charge on any atom is 0.246 e. The Hall–Kier alpha value is -2.82. The summed E-state index contributed by atoms with van der Waals surface area (Å²) in [4.78, 5) is 16.2. The van der Waals surface area contributed by atoms with E-state index < -0.39 is 0 Å². The van der Waals surface area contributed by atoms with Crippen molar-refractivity contribution in [3.05, 3.63) is 66.0 Å². The van der Waals surface area contributed by atoms with Crippen LogP contribution in [0.2, 0.25) is 0 Å². The normalized spacial score (nSPS) is 15.0. The number of phenols is 1. The first-order valence-corrected chi connectivity index (χ1v) is 7.88. The highest BCUT2D eigenvalue weighted by atomic mass is 19.1. The maximum absolute atomic E-state index is 12.9. The highest BCUT2D eigenvalue weighted by Gasteiger charge is 2.19. The molecule has 24 heavy (non-hydrogen) atoms. The first kappa shape index (κ1) is 16.1. The van der Waals surface area contributed by atoms with E-state index in [9.17, 15) is 14.3 Å². The van der Waals surface area contributed by atoms with Gasteiger partial charge in [0.05, 0.1) is 0 Å². The van der Waals surface area contributed by atoms with Crippen molar-refractivity contribution in [3.8, 4) is 5.75 Å². The molecule has 1 aliphatic rings. The standard InChI is InChI=1S/C19H19FN2O2/c20-16-4-1-15(2-5-16)3-10-19(24)22-13-11-21(12-14-22)17-6-8-18(23)9-7-17/h1-10,23H,11-14H2/b10-3+. The second-order valence-corrected chi connectivity index (χ2v) is 5.71. The summed E-state index contributed by atoms with van der Waals surface area (Å²) in [6.45, 7) is 2.79. The average Bonchev–Trinajstić information content (AvgIpc) is 2.62. The van der Waals surface area contributed by atoms with Crippen molar-refractivity contribution in [2.45, 2.75) is 0 Å². The summed E-state index contributed by atoms with van der Waals surface area (Å²) in [6.07, 6.45) is 3.23. The zero-order valence-corrected chi connectivity index (χ0v) is 13.2. The van der Waals surface area contributed by atoms with E-state index in [2.05, 4.69) is 4.90 Å². The predicted octanol–water partition coefficient (Wildman–Crippen LogP) is 2.89. The summed E-state index contributed by atoms with van der Waals surface area (Å²) in [5.41, 5.74) is 1.84. The molecule has 124 valence electrons. The van der Waals surface area contributed by atoms with Crippen LogP contribution in [0.3, 0.4) is 0 Å². The number of rotatable bonds is 3. The van der Waals surface area contributed by atoms with Crippen molar-refractivity contribution in [3.63, 3.8) is 0 Å². The fourth-order valence-corrected chi connectivity index (χ4v) is 2.70. The summed E-state index contributed by atoms with van der Waals surface area (Å²) in [5.74, 6) is -0.0768. The minimum atomic E-state index is -0.288. The molecule has 0 unspecified atom stereocenters. The number of hydrogen-bond donors (Lipinski definition) is 1. The van der Waals surface area contributed by atoms with Crippen molar-refractivity contribution in [2.24, 2.45) is 0 Å². The SMILES string of the molecule is O=C(/C=C/c1ccc(F)cc1)N1CCN(c2ccc(O)cc2)CC1. The van der Waals surface area contributed by atoms with Crippen LogP contribution in [-0.4, -0.2) is 42.1 Å². The third kappa shape index (κ3) is 3.93. The molecule has 0 spiro atoms. The molecular formula is C19H19FN2O2. The maximum atomic E-state index is 12.9. The third-order valence-corrected chi connectivity index (χ3v) is 4.09. The van der Waals surface area contributed by atoms with Gasteiger partial charge in [-0.15, -0.1) is 0 Å². The van der Waals surface area contributed by atoms with Gasteiger partial charge >= 0.3 is 0 Å². The van der Waals surface area contributed by atoms with Gasteiger partial charge in [-0.05, 0) is 48.0 Å². The van der Waals surface area contributed by atoms with Gasteiger partial charge in [0.2, 0.25) is 5.91 Å². The Bertz CT molecular complexity index is 718. The number of benzene rings is 2. The molecule has 2 aromatic carbocycles. The van der Waals surface area contributed by atoms with E-state index in [0.29, 0.717) is 13.1 Å². The molecule has 0 aliphatic carbocycles. The van der Waals surface area contributed by atoms with Crippen LogP contribution in [0.5, 0.6) is 5.75 Å². The van der Waals surface area contributed by atoms with Crippen LogP contribution in [0, 0.1) is 5.82 Å². The van der Waals surface area contributed by atoms with Crippen LogP contribution < -0.4 is 4.90 Å². The molecule has 1 amide bonds. The lowest BCUT2D eigenvalue weighted by Crippen LogP contribution is -2.48. The van der Waals surface area contributed by atoms with E-state index in [1.54, 1.807) is 35.2 Å². The van der Waals surface area contributed by atoms with Crippen LogP contribution >= 0.6 is 0 Å². The molecule has 5 heteroatoms. The Morgan fingerprint density at radius 2 is 1.58 bits per heavy atom. The van der Waals surface area contributed by atoms with Crippen molar-refractivity contribution in [1.29, 1.82) is 0 Å². The van der Waals surface area contributed by atoms with Crippen LogP contribution in [-0.2, 0) is 4.79 Å².